The summed E-state index contributed by atoms with van der Waals surface area (Å²) >= 11 is 0. The second-order valence-electron chi connectivity index (χ2n) is 6.99. The molecule has 0 fully saturated rings. The van der Waals surface area contributed by atoms with Crippen LogP contribution >= 0.6 is 0 Å². The van der Waals surface area contributed by atoms with Crippen molar-refractivity contribution >= 4 is 34.2 Å². The molecule has 3 N–H and O–H groups in total. The number of anilines is 2. The van der Waals surface area contributed by atoms with Crippen molar-refractivity contribution in [3.63, 3.8) is 0 Å². The smallest absolute Gasteiger partial charge is 0.354 e. The van der Waals surface area contributed by atoms with E-state index in [4.69, 9.17) is 0 Å². The van der Waals surface area contributed by atoms with Gasteiger partial charge >= 0.3 is 6.18 Å². The minimum Gasteiger partial charge on any atom is -0.354 e. The Morgan fingerprint density at radius 2 is 2.13 bits per heavy atom. The van der Waals surface area contributed by atoms with Crippen LogP contribution in [0.3, 0.4) is 0 Å². The van der Waals surface area contributed by atoms with Crippen LogP contribution in [0.2, 0.25) is 0 Å². The summed E-state index contributed by atoms with van der Waals surface area (Å²) in [5.74, 6) is -1.30. The third-order valence-electron chi connectivity index (χ3n) is 4.79. The highest BCUT2D eigenvalue weighted by atomic mass is 19.4. The van der Waals surface area contributed by atoms with Gasteiger partial charge in [-0.05, 0) is 24.6 Å². The van der Waals surface area contributed by atoms with E-state index in [1.807, 2.05) is 11.4 Å². The number of nitrogens with one attached hydrogen (secondary N) is 3. The van der Waals surface area contributed by atoms with E-state index in [1.165, 1.54) is 4.90 Å². The van der Waals surface area contributed by atoms with E-state index in [1.54, 1.807) is 30.6 Å². The zero-order chi connectivity index (χ0) is 21.5. The second-order valence-corrected chi connectivity index (χ2v) is 6.99. The quantitative estimate of drug-likeness (QED) is 0.591. The molecule has 4 rings (SSSR count). The lowest BCUT2D eigenvalue weighted by Crippen LogP contribution is -2.47. The summed E-state index contributed by atoms with van der Waals surface area (Å²) in [5, 5.41) is 12.5. The lowest BCUT2D eigenvalue weighted by Gasteiger charge is -2.20. The average molecular weight is 418 g/mol. The minimum atomic E-state index is -4.55. The molecule has 2 aromatic heterocycles. The number of pyridine rings is 1. The zero-order valence-electron chi connectivity index (χ0n) is 15.7. The van der Waals surface area contributed by atoms with Crippen LogP contribution in [-0.4, -0.2) is 50.7 Å². The van der Waals surface area contributed by atoms with Gasteiger partial charge in [0.2, 0.25) is 5.91 Å². The molecule has 0 spiro atoms. The molecule has 0 aliphatic carbocycles. The van der Waals surface area contributed by atoms with Crippen LogP contribution in [0, 0.1) is 0 Å². The fourth-order valence-electron chi connectivity index (χ4n) is 3.25. The van der Waals surface area contributed by atoms with Crippen molar-refractivity contribution in [1.29, 1.82) is 0 Å². The van der Waals surface area contributed by atoms with Crippen LogP contribution in [0.4, 0.5) is 24.5 Å². The number of aromatic nitrogens is 3. The lowest BCUT2D eigenvalue weighted by atomic mass is 10.1. The number of aromatic amines is 1. The van der Waals surface area contributed by atoms with E-state index in [0.717, 1.165) is 12.3 Å². The zero-order valence-corrected chi connectivity index (χ0v) is 15.7. The molecule has 3 aromatic rings. The molecular weight excluding hydrogens is 401 g/mol. The SMILES string of the molecule is CC(NC(=O)CN1Cc2cccc(Nc3cnc4[nH]ncc4c3)c2C1=O)C(F)(F)F. The molecule has 0 saturated carbocycles. The molecule has 1 atom stereocenters. The molecule has 11 heteroatoms. The molecule has 2 amide bonds. The first-order valence-electron chi connectivity index (χ1n) is 9.06. The Morgan fingerprint density at radius 1 is 1.33 bits per heavy atom. The Balaban J connectivity index is 1.50. The maximum atomic E-state index is 12.9. The monoisotopic (exact) mass is 418 g/mol. The maximum Gasteiger partial charge on any atom is 0.408 e. The van der Waals surface area contributed by atoms with Crippen molar-refractivity contribution in [2.75, 3.05) is 11.9 Å². The fraction of sp³-hybridized carbons (Fsp3) is 0.263. The molecular formula is C19H17F3N6O2. The normalized spacial score (nSPS) is 14.7. The highest BCUT2D eigenvalue weighted by Gasteiger charge is 2.38. The van der Waals surface area contributed by atoms with Crippen LogP contribution < -0.4 is 10.6 Å². The van der Waals surface area contributed by atoms with E-state index in [2.05, 4.69) is 20.5 Å². The third kappa shape index (κ3) is 3.78. The lowest BCUT2D eigenvalue weighted by molar-refractivity contribution is -0.158. The second kappa shape index (κ2) is 7.32. The molecule has 1 aliphatic rings. The molecule has 3 heterocycles. The Labute approximate surface area is 168 Å². The van der Waals surface area contributed by atoms with Gasteiger partial charge in [0, 0.05) is 11.9 Å². The molecule has 156 valence electrons. The summed E-state index contributed by atoms with van der Waals surface area (Å²) in [6.07, 6.45) is -1.34. The number of halogens is 3. The van der Waals surface area contributed by atoms with Gasteiger partial charge in [-0.3, -0.25) is 14.7 Å². The van der Waals surface area contributed by atoms with Crippen molar-refractivity contribution < 1.29 is 22.8 Å². The van der Waals surface area contributed by atoms with Crippen molar-refractivity contribution in [3.05, 3.63) is 47.8 Å². The molecule has 0 bridgehead atoms. The number of fused-ring (bicyclic) bond motifs is 2. The van der Waals surface area contributed by atoms with E-state index in [-0.39, 0.29) is 6.54 Å². The Hall–Kier alpha value is -3.63. The summed E-state index contributed by atoms with van der Waals surface area (Å²) in [6.45, 7) is 0.526. The van der Waals surface area contributed by atoms with Gasteiger partial charge in [-0.15, -0.1) is 0 Å². The van der Waals surface area contributed by atoms with Gasteiger partial charge < -0.3 is 15.5 Å². The van der Waals surface area contributed by atoms with E-state index < -0.39 is 30.6 Å². The van der Waals surface area contributed by atoms with Gasteiger partial charge in [-0.25, -0.2) is 4.98 Å². The van der Waals surface area contributed by atoms with Crippen LogP contribution in [-0.2, 0) is 11.3 Å². The van der Waals surface area contributed by atoms with Crippen molar-refractivity contribution in [1.82, 2.24) is 25.4 Å². The number of amides is 2. The first-order chi connectivity index (χ1) is 14.2. The first-order valence-corrected chi connectivity index (χ1v) is 9.06. The molecule has 1 aromatic carbocycles. The summed E-state index contributed by atoms with van der Waals surface area (Å²) in [6, 6.07) is 5.03. The average Bonchev–Trinajstić information content (AvgIpc) is 3.26. The van der Waals surface area contributed by atoms with Crippen molar-refractivity contribution in [3.8, 4) is 0 Å². The van der Waals surface area contributed by atoms with Gasteiger partial charge in [-0.1, -0.05) is 12.1 Å². The van der Waals surface area contributed by atoms with Gasteiger partial charge in [-0.2, -0.15) is 18.3 Å². The van der Waals surface area contributed by atoms with E-state index in [0.29, 0.717) is 28.1 Å². The van der Waals surface area contributed by atoms with Gasteiger partial charge in [0.25, 0.3) is 5.91 Å². The van der Waals surface area contributed by atoms with Crippen LogP contribution in [0.1, 0.15) is 22.8 Å². The Bertz CT molecular complexity index is 1130. The Kier molecular flexibility index (Phi) is 4.80. The summed E-state index contributed by atoms with van der Waals surface area (Å²) < 4.78 is 37.9. The number of nitrogens with zero attached hydrogens (tertiary/aromatic N) is 3. The number of rotatable bonds is 5. The van der Waals surface area contributed by atoms with Crippen molar-refractivity contribution in [2.24, 2.45) is 0 Å². The number of benzene rings is 1. The van der Waals surface area contributed by atoms with Gasteiger partial charge in [0.05, 0.1) is 29.3 Å². The molecule has 8 nitrogen and oxygen atoms in total. The first kappa shape index (κ1) is 19.7. The maximum absolute atomic E-state index is 12.9. The largest absolute Gasteiger partial charge is 0.408 e. The molecule has 30 heavy (non-hydrogen) atoms. The standard InChI is InChI=1S/C19H17F3N6O2/c1-10(19(20,21)22)25-15(29)9-28-8-11-3-2-4-14(16(11)18(28)30)26-13-5-12-6-24-27-17(12)23-7-13/h2-7,10,26H,8-9H2,1H3,(H,25,29)(H,23,24,27). The number of hydrogen-bond acceptors (Lipinski definition) is 5. The van der Waals surface area contributed by atoms with Gasteiger partial charge in [0.1, 0.15) is 12.6 Å². The van der Waals surface area contributed by atoms with Crippen LogP contribution in [0.15, 0.2) is 36.7 Å². The van der Waals surface area contributed by atoms with Crippen LogP contribution in [0.5, 0.6) is 0 Å². The van der Waals surface area contributed by atoms with Gasteiger partial charge in [0.15, 0.2) is 5.65 Å². The number of carbonyl (C=O) groups excluding carboxylic acids is 2. The minimum absolute atomic E-state index is 0.135. The molecule has 0 saturated heterocycles. The summed E-state index contributed by atoms with van der Waals surface area (Å²) in [5.41, 5.74) is 2.84. The number of H-pyrrole nitrogens is 1. The summed E-state index contributed by atoms with van der Waals surface area (Å²) in [4.78, 5) is 30.3. The predicted molar refractivity (Wildman–Crippen MR) is 102 cm³/mol. The molecule has 1 unspecified atom stereocenters. The number of alkyl halides is 3. The number of hydrogen-bond donors (Lipinski definition) is 3. The highest BCUT2D eigenvalue weighted by molar-refractivity contribution is 6.05. The topological polar surface area (TPSA) is 103 Å². The molecule has 1 aliphatic heterocycles. The fourth-order valence-corrected chi connectivity index (χ4v) is 3.25. The molecule has 0 radical (unpaired) electrons. The Morgan fingerprint density at radius 3 is 2.90 bits per heavy atom. The van der Waals surface area contributed by atoms with Crippen LogP contribution in [0.25, 0.3) is 11.0 Å². The number of carbonyl (C=O) groups is 2. The highest BCUT2D eigenvalue weighted by Crippen LogP contribution is 2.31. The predicted octanol–water partition coefficient (Wildman–Crippen LogP) is 2.72. The summed E-state index contributed by atoms with van der Waals surface area (Å²) in [7, 11) is 0. The van der Waals surface area contributed by atoms with E-state index >= 15 is 0 Å². The van der Waals surface area contributed by atoms with Crippen molar-refractivity contribution in [2.45, 2.75) is 25.7 Å². The van der Waals surface area contributed by atoms with E-state index in [9.17, 15) is 22.8 Å². The third-order valence-corrected chi connectivity index (χ3v) is 4.79.